The summed E-state index contributed by atoms with van der Waals surface area (Å²) < 4.78 is 0. The van der Waals surface area contributed by atoms with Crippen LogP contribution in [0.25, 0.3) is 0 Å². The monoisotopic (exact) mass is 724 g/mol. The van der Waals surface area contributed by atoms with Crippen LogP contribution in [-0.2, 0) is 63.6 Å². The van der Waals surface area contributed by atoms with Gasteiger partial charge in [-0.1, -0.05) is 160 Å². The topological polar surface area (TPSA) is 118 Å². The van der Waals surface area contributed by atoms with Crippen molar-refractivity contribution in [3.8, 4) is 11.5 Å². The lowest BCUT2D eigenvalue weighted by Crippen LogP contribution is -2.37. The van der Waals surface area contributed by atoms with Gasteiger partial charge in [0.2, 0.25) is 0 Å². The highest BCUT2D eigenvalue weighted by Crippen LogP contribution is 2.44. The van der Waals surface area contributed by atoms with E-state index >= 15 is 0 Å². The predicted octanol–water partition coefficient (Wildman–Crippen LogP) is 10.7. The Bertz CT molecular complexity index is 1500. The van der Waals surface area contributed by atoms with Gasteiger partial charge in [0.15, 0.2) is 0 Å². The molecule has 0 amide bonds. The molecule has 0 aliphatic carbocycles. The van der Waals surface area contributed by atoms with Crippen LogP contribution in [0, 0.1) is 11.3 Å². The van der Waals surface area contributed by atoms with Crippen molar-refractivity contribution in [3.05, 3.63) is 57.6 Å². The van der Waals surface area contributed by atoms with Crippen LogP contribution in [0.5, 0.6) is 11.5 Å². The summed E-state index contributed by atoms with van der Waals surface area (Å²) in [6, 6.07) is 7.69. The SMILES string of the molecule is CCCCCCCC(C)(C)C(Cc1cc(C(C)(C)C)c(O)c(C(C)(C)C)c1)C(=O)OOC(=O)C1(Cc2cc(C(C)(C)C)c(O)c(C(C)(C)C)c2)OO1. The largest absolute Gasteiger partial charge is 0.507 e. The molecule has 1 saturated heterocycles. The van der Waals surface area contributed by atoms with Crippen LogP contribution in [0.2, 0.25) is 0 Å². The molecule has 1 unspecified atom stereocenters. The fourth-order valence-corrected chi connectivity index (χ4v) is 6.89. The first kappa shape index (κ1) is 43.3. The van der Waals surface area contributed by atoms with Gasteiger partial charge < -0.3 is 10.2 Å². The molecule has 1 fully saturated rings. The minimum Gasteiger partial charge on any atom is -0.507 e. The highest BCUT2D eigenvalue weighted by Gasteiger charge is 2.60. The van der Waals surface area contributed by atoms with Gasteiger partial charge in [0.05, 0.1) is 5.92 Å². The summed E-state index contributed by atoms with van der Waals surface area (Å²) in [4.78, 5) is 48.6. The third-order valence-corrected chi connectivity index (χ3v) is 10.4. The summed E-state index contributed by atoms with van der Waals surface area (Å²) in [5.41, 5.74) is 2.82. The van der Waals surface area contributed by atoms with Crippen LogP contribution >= 0.6 is 0 Å². The van der Waals surface area contributed by atoms with Gasteiger partial charge >= 0.3 is 17.7 Å². The van der Waals surface area contributed by atoms with E-state index in [9.17, 15) is 19.8 Å². The summed E-state index contributed by atoms with van der Waals surface area (Å²) in [7, 11) is 0. The number of phenolic OH excluding ortho intramolecular Hbond substituents is 2. The van der Waals surface area contributed by atoms with E-state index in [2.05, 4.69) is 62.3 Å². The molecule has 0 saturated carbocycles. The summed E-state index contributed by atoms with van der Waals surface area (Å²) in [6.45, 7) is 30.8. The Kier molecular flexibility index (Phi) is 13.1. The number of phenols is 2. The molecule has 2 aromatic carbocycles. The third-order valence-electron chi connectivity index (χ3n) is 10.4. The van der Waals surface area contributed by atoms with E-state index in [0.29, 0.717) is 12.0 Å². The lowest BCUT2D eigenvalue weighted by molar-refractivity contribution is -0.269. The normalized spacial score (nSPS) is 15.7. The van der Waals surface area contributed by atoms with Crippen molar-refractivity contribution in [2.45, 2.75) is 183 Å². The molecule has 8 heteroatoms. The lowest BCUT2D eigenvalue weighted by atomic mass is 9.71. The number of carbonyl (C=O) groups excluding carboxylic acids is 2. The van der Waals surface area contributed by atoms with Gasteiger partial charge in [-0.15, -0.1) is 0 Å². The first-order chi connectivity index (χ1) is 23.6. The van der Waals surface area contributed by atoms with Crippen molar-refractivity contribution in [3.63, 3.8) is 0 Å². The number of rotatable bonds is 13. The average Bonchev–Trinajstić information content (AvgIpc) is 3.77. The molecule has 3 rings (SSSR count). The van der Waals surface area contributed by atoms with E-state index < -0.39 is 29.1 Å². The molecule has 0 aromatic heterocycles. The zero-order chi connectivity index (χ0) is 39.7. The molecule has 1 aliphatic heterocycles. The third kappa shape index (κ3) is 10.7. The highest BCUT2D eigenvalue weighted by molar-refractivity contribution is 5.81. The van der Waals surface area contributed by atoms with E-state index in [1.807, 2.05) is 65.8 Å². The molecule has 8 nitrogen and oxygen atoms in total. The fourth-order valence-electron chi connectivity index (χ4n) is 6.89. The van der Waals surface area contributed by atoms with E-state index in [1.54, 1.807) is 0 Å². The summed E-state index contributed by atoms with van der Waals surface area (Å²) in [5.74, 6) is -3.54. The molecule has 1 heterocycles. The number of hydrogen-bond donors (Lipinski definition) is 2. The minimum absolute atomic E-state index is 0.00116. The molecular weight excluding hydrogens is 656 g/mol. The van der Waals surface area contributed by atoms with Gasteiger partial charge in [0.25, 0.3) is 0 Å². The number of hydrogen-bond acceptors (Lipinski definition) is 8. The van der Waals surface area contributed by atoms with Gasteiger partial charge in [-0.2, -0.15) is 9.78 Å². The maximum absolute atomic E-state index is 14.1. The molecule has 292 valence electrons. The molecule has 0 bridgehead atoms. The number of benzene rings is 2. The van der Waals surface area contributed by atoms with Crippen LogP contribution in [0.4, 0.5) is 0 Å². The van der Waals surface area contributed by atoms with E-state index in [0.717, 1.165) is 59.9 Å². The Morgan fingerprint density at radius 1 is 0.635 bits per heavy atom. The van der Waals surface area contributed by atoms with Gasteiger partial charge in [-0.05, 0) is 73.3 Å². The van der Waals surface area contributed by atoms with Crippen molar-refractivity contribution in [1.82, 2.24) is 0 Å². The number of unbranched alkanes of at least 4 members (excludes halogenated alkanes) is 4. The first-order valence-corrected chi connectivity index (χ1v) is 19.2. The second-order valence-corrected chi connectivity index (χ2v) is 19.9. The maximum atomic E-state index is 14.1. The van der Waals surface area contributed by atoms with Crippen molar-refractivity contribution < 1.29 is 39.4 Å². The van der Waals surface area contributed by atoms with E-state index in [1.165, 1.54) is 6.42 Å². The van der Waals surface area contributed by atoms with Gasteiger partial charge in [-0.25, -0.2) is 19.4 Å². The van der Waals surface area contributed by atoms with Crippen LogP contribution in [0.1, 0.15) is 176 Å². The van der Waals surface area contributed by atoms with Crippen LogP contribution in [0.3, 0.4) is 0 Å². The maximum Gasteiger partial charge on any atom is 0.420 e. The Hall–Kier alpha value is -3.10. The summed E-state index contributed by atoms with van der Waals surface area (Å²) in [6.07, 6.45) is 6.60. The zero-order valence-electron chi connectivity index (χ0n) is 34.9. The Morgan fingerprint density at radius 3 is 1.42 bits per heavy atom. The smallest absolute Gasteiger partial charge is 0.420 e. The minimum atomic E-state index is -1.77. The van der Waals surface area contributed by atoms with Crippen LogP contribution < -0.4 is 0 Å². The fraction of sp³-hybridized carbons (Fsp3) is 0.682. The Labute approximate surface area is 313 Å². The van der Waals surface area contributed by atoms with Crippen molar-refractivity contribution >= 4 is 11.9 Å². The zero-order valence-corrected chi connectivity index (χ0v) is 34.9. The first-order valence-electron chi connectivity index (χ1n) is 19.2. The van der Waals surface area contributed by atoms with Crippen molar-refractivity contribution in [2.24, 2.45) is 11.3 Å². The quantitative estimate of drug-likeness (QED) is 0.0907. The average molecular weight is 725 g/mol. The molecule has 2 N–H and O–H groups in total. The molecule has 2 aromatic rings. The second-order valence-electron chi connectivity index (χ2n) is 19.9. The van der Waals surface area contributed by atoms with Gasteiger partial charge in [0, 0.05) is 6.42 Å². The Balaban J connectivity index is 1.92. The molecule has 1 atom stereocenters. The standard InChI is InChI=1S/C44H68O8/c1-16-17-18-19-20-21-43(14,15)34(24-28-22-30(39(2,3)4)35(45)31(23-28)40(5,6)7)37(47)49-50-38(48)44(51-52-44)27-29-25-32(41(8,9)10)36(46)33(26-29)42(11,12)13/h22-23,25-26,34,45-46H,16-21,24,27H2,1-15H3. The van der Waals surface area contributed by atoms with Crippen molar-refractivity contribution in [1.29, 1.82) is 0 Å². The summed E-state index contributed by atoms with van der Waals surface area (Å²) in [5, 5.41) is 22.5. The Morgan fingerprint density at radius 2 is 1.04 bits per heavy atom. The second kappa shape index (κ2) is 15.7. The van der Waals surface area contributed by atoms with Crippen molar-refractivity contribution in [2.75, 3.05) is 0 Å². The van der Waals surface area contributed by atoms with Crippen LogP contribution in [0.15, 0.2) is 24.3 Å². The highest BCUT2D eigenvalue weighted by atomic mass is 17.4. The molecule has 1 aliphatic rings. The van der Waals surface area contributed by atoms with Gasteiger partial charge in [-0.3, -0.25) is 0 Å². The predicted molar refractivity (Wildman–Crippen MR) is 206 cm³/mol. The van der Waals surface area contributed by atoms with E-state index in [-0.39, 0.29) is 39.6 Å². The molecule has 0 spiro atoms. The molecule has 0 radical (unpaired) electrons. The lowest BCUT2D eigenvalue weighted by Gasteiger charge is -2.34. The number of aromatic hydroxyl groups is 2. The molecule has 52 heavy (non-hydrogen) atoms. The van der Waals surface area contributed by atoms with Crippen LogP contribution in [-0.4, -0.2) is 27.9 Å². The molecular formula is C44H68O8. The summed E-state index contributed by atoms with van der Waals surface area (Å²) >= 11 is 0. The number of carbonyl (C=O) groups is 2. The van der Waals surface area contributed by atoms with Gasteiger partial charge in [0.1, 0.15) is 11.5 Å². The van der Waals surface area contributed by atoms with E-state index in [4.69, 9.17) is 19.6 Å².